The fraction of sp³-hybridized carbons (Fsp3) is 0.333. The Kier molecular flexibility index (Phi) is 3.38. The highest BCUT2D eigenvalue weighted by atomic mass is 16.5. The number of benzene rings is 1. The summed E-state index contributed by atoms with van der Waals surface area (Å²) in [5, 5.41) is 11.6. The van der Waals surface area contributed by atoms with Crippen molar-refractivity contribution in [2.45, 2.75) is 6.04 Å². The van der Waals surface area contributed by atoms with Crippen LogP contribution in [0, 0.1) is 17.2 Å². The molecule has 2 rings (SSSR count). The Labute approximate surface area is 99.2 Å². The highest BCUT2D eigenvalue weighted by Crippen LogP contribution is 2.18. The van der Waals surface area contributed by atoms with Gasteiger partial charge in [-0.05, 0) is 12.1 Å². The van der Waals surface area contributed by atoms with Crippen molar-refractivity contribution in [1.82, 2.24) is 0 Å². The summed E-state index contributed by atoms with van der Waals surface area (Å²) in [5.41, 5.74) is 6.70. The molecule has 1 aromatic carbocycles. The fourth-order valence-corrected chi connectivity index (χ4v) is 1.76. The molecule has 0 bridgehead atoms. The van der Waals surface area contributed by atoms with E-state index >= 15 is 0 Å². The number of ether oxygens (including phenoxy) is 1. The van der Waals surface area contributed by atoms with Gasteiger partial charge in [0, 0.05) is 6.04 Å². The number of hydrogen-bond acceptors (Lipinski definition) is 4. The van der Waals surface area contributed by atoms with E-state index in [0.29, 0.717) is 24.5 Å². The molecule has 0 saturated carbocycles. The van der Waals surface area contributed by atoms with Gasteiger partial charge in [-0.3, -0.25) is 4.79 Å². The second kappa shape index (κ2) is 4.95. The summed E-state index contributed by atoms with van der Waals surface area (Å²) >= 11 is 0. The Morgan fingerprint density at radius 3 is 2.88 bits per heavy atom. The van der Waals surface area contributed by atoms with Gasteiger partial charge in [0.05, 0.1) is 30.4 Å². The Hall–Kier alpha value is -1.90. The zero-order valence-electron chi connectivity index (χ0n) is 9.22. The molecule has 1 aromatic rings. The van der Waals surface area contributed by atoms with Crippen LogP contribution in [0.15, 0.2) is 24.3 Å². The van der Waals surface area contributed by atoms with Gasteiger partial charge in [0.2, 0.25) is 5.91 Å². The van der Waals surface area contributed by atoms with Gasteiger partial charge in [-0.15, -0.1) is 0 Å². The van der Waals surface area contributed by atoms with Crippen LogP contribution in [0.3, 0.4) is 0 Å². The number of anilines is 1. The van der Waals surface area contributed by atoms with E-state index in [4.69, 9.17) is 15.7 Å². The van der Waals surface area contributed by atoms with Crippen molar-refractivity contribution in [3.8, 4) is 6.07 Å². The maximum absolute atomic E-state index is 11.9. The van der Waals surface area contributed by atoms with E-state index in [0.717, 1.165) is 0 Å². The quantitative estimate of drug-likeness (QED) is 0.774. The monoisotopic (exact) mass is 231 g/mol. The molecule has 2 unspecified atom stereocenters. The summed E-state index contributed by atoms with van der Waals surface area (Å²) < 4.78 is 5.13. The molecule has 1 aliphatic rings. The van der Waals surface area contributed by atoms with Crippen molar-refractivity contribution in [3.63, 3.8) is 0 Å². The number of amides is 1. The second-order valence-electron chi connectivity index (χ2n) is 3.95. The molecule has 88 valence electrons. The Morgan fingerprint density at radius 2 is 2.24 bits per heavy atom. The molecule has 5 heteroatoms. The van der Waals surface area contributed by atoms with Crippen LogP contribution < -0.4 is 11.1 Å². The molecule has 0 spiro atoms. The predicted molar refractivity (Wildman–Crippen MR) is 62.1 cm³/mol. The second-order valence-corrected chi connectivity index (χ2v) is 3.95. The number of rotatable bonds is 2. The normalized spacial score (nSPS) is 23.1. The molecule has 5 nitrogen and oxygen atoms in total. The van der Waals surface area contributed by atoms with E-state index in [1.165, 1.54) is 0 Å². The van der Waals surface area contributed by atoms with Crippen LogP contribution in [-0.2, 0) is 9.53 Å². The summed E-state index contributed by atoms with van der Waals surface area (Å²) in [6, 6.07) is 8.61. The number of hydrogen-bond donors (Lipinski definition) is 2. The first-order chi connectivity index (χ1) is 8.22. The van der Waals surface area contributed by atoms with Crippen LogP contribution in [0.2, 0.25) is 0 Å². The molecular weight excluding hydrogens is 218 g/mol. The summed E-state index contributed by atoms with van der Waals surface area (Å²) in [4.78, 5) is 11.9. The maximum atomic E-state index is 11.9. The van der Waals surface area contributed by atoms with Gasteiger partial charge in [0.15, 0.2) is 0 Å². The molecule has 0 aliphatic carbocycles. The van der Waals surface area contributed by atoms with Gasteiger partial charge in [0.25, 0.3) is 0 Å². The molecule has 3 N–H and O–H groups in total. The van der Waals surface area contributed by atoms with Crippen molar-refractivity contribution in [1.29, 1.82) is 5.26 Å². The third-order valence-electron chi connectivity index (χ3n) is 2.77. The van der Waals surface area contributed by atoms with Crippen molar-refractivity contribution in [3.05, 3.63) is 29.8 Å². The molecule has 0 aromatic heterocycles. The minimum atomic E-state index is -0.346. The smallest absolute Gasteiger partial charge is 0.231 e. The molecule has 1 amide bonds. The molecule has 1 fully saturated rings. The van der Waals surface area contributed by atoms with Crippen LogP contribution in [0.5, 0.6) is 0 Å². The highest BCUT2D eigenvalue weighted by molar-refractivity contribution is 5.94. The van der Waals surface area contributed by atoms with Crippen LogP contribution in [0.4, 0.5) is 5.69 Å². The summed E-state index contributed by atoms with van der Waals surface area (Å²) in [6.45, 7) is 0.736. The largest absolute Gasteiger partial charge is 0.379 e. The van der Waals surface area contributed by atoms with E-state index in [9.17, 15) is 4.79 Å². The third kappa shape index (κ3) is 2.44. The summed E-state index contributed by atoms with van der Waals surface area (Å²) in [6.07, 6.45) is 0. The first-order valence-corrected chi connectivity index (χ1v) is 5.35. The molecule has 1 heterocycles. The SMILES string of the molecule is N#Cc1ccccc1NC(=O)C1COCC1N. The van der Waals surface area contributed by atoms with Gasteiger partial charge >= 0.3 is 0 Å². The number of carbonyl (C=O) groups is 1. The lowest BCUT2D eigenvalue weighted by atomic mass is 10.0. The van der Waals surface area contributed by atoms with E-state index in [2.05, 4.69) is 5.32 Å². The Balaban J connectivity index is 2.11. The van der Waals surface area contributed by atoms with Crippen LogP contribution in [0.1, 0.15) is 5.56 Å². The zero-order chi connectivity index (χ0) is 12.3. The van der Waals surface area contributed by atoms with Gasteiger partial charge in [0.1, 0.15) is 6.07 Å². The first kappa shape index (κ1) is 11.6. The Bertz CT molecular complexity index is 467. The topological polar surface area (TPSA) is 88.1 Å². The van der Waals surface area contributed by atoms with Crippen LogP contribution in [0.25, 0.3) is 0 Å². The molecule has 17 heavy (non-hydrogen) atoms. The van der Waals surface area contributed by atoms with Crippen molar-refractivity contribution in [2.75, 3.05) is 18.5 Å². The lowest BCUT2D eigenvalue weighted by Crippen LogP contribution is -2.37. The predicted octanol–water partition coefficient (Wildman–Crippen LogP) is 0.470. The van der Waals surface area contributed by atoms with E-state index in [1.807, 2.05) is 6.07 Å². The Morgan fingerprint density at radius 1 is 1.47 bits per heavy atom. The highest BCUT2D eigenvalue weighted by Gasteiger charge is 2.31. The number of nitriles is 1. The van der Waals surface area contributed by atoms with E-state index in [1.54, 1.807) is 24.3 Å². The van der Waals surface area contributed by atoms with Gasteiger partial charge in [-0.25, -0.2) is 0 Å². The number of nitrogens with zero attached hydrogens (tertiary/aromatic N) is 1. The number of carbonyl (C=O) groups excluding carboxylic acids is 1. The minimum Gasteiger partial charge on any atom is -0.379 e. The maximum Gasteiger partial charge on any atom is 0.231 e. The molecular formula is C12H13N3O2. The fourth-order valence-electron chi connectivity index (χ4n) is 1.76. The zero-order valence-corrected chi connectivity index (χ0v) is 9.22. The summed E-state index contributed by atoms with van der Waals surface area (Å²) in [7, 11) is 0. The average molecular weight is 231 g/mol. The standard InChI is InChI=1S/C12H13N3O2/c13-5-8-3-1-2-4-11(8)15-12(16)9-6-17-7-10(9)14/h1-4,9-10H,6-7,14H2,(H,15,16). The van der Waals surface area contributed by atoms with Crippen molar-refractivity contribution in [2.24, 2.45) is 11.7 Å². The van der Waals surface area contributed by atoms with Gasteiger partial charge in [-0.2, -0.15) is 5.26 Å². The van der Waals surface area contributed by atoms with Crippen LogP contribution >= 0.6 is 0 Å². The summed E-state index contributed by atoms with van der Waals surface area (Å²) in [5.74, 6) is -0.542. The van der Waals surface area contributed by atoms with E-state index < -0.39 is 0 Å². The molecule has 1 aliphatic heterocycles. The number of nitrogens with one attached hydrogen (secondary N) is 1. The molecule has 0 radical (unpaired) electrons. The van der Waals surface area contributed by atoms with Crippen molar-refractivity contribution < 1.29 is 9.53 Å². The van der Waals surface area contributed by atoms with Crippen molar-refractivity contribution >= 4 is 11.6 Å². The average Bonchev–Trinajstić information content (AvgIpc) is 2.76. The number of para-hydroxylation sites is 1. The minimum absolute atomic E-state index is 0.197. The lowest BCUT2D eigenvalue weighted by Gasteiger charge is -2.13. The number of nitrogens with two attached hydrogens (primary N) is 1. The third-order valence-corrected chi connectivity index (χ3v) is 2.77. The first-order valence-electron chi connectivity index (χ1n) is 5.35. The van der Waals surface area contributed by atoms with Gasteiger partial charge < -0.3 is 15.8 Å². The lowest BCUT2D eigenvalue weighted by molar-refractivity contribution is -0.120. The van der Waals surface area contributed by atoms with E-state index in [-0.39, 0.29) is 17.9 Å². The van der Waals surface area contributed by atoms with Crippen LogP contribution in [-0.4, -0.2) is 25.2 Å². The van der Waals surface area contributed by atoms with Gasteiger partial charge in [-0.1, -0.05) is 12.1 Å². The molecule has 1 saturated heterocycles. The molecule has 2 atom stereocenters.